The zero-order chi connectivity index (χ0) is 13.8. The van der Waals surface area contributed by atoms with Crippen molar-refractivity contribution in [1.29, 1.82) is 0 Å². The summed E-state index contributed by atoms with van der Waals surface area (Å²) in [6.45, 7) is 6.89. The smallest absolute Gasteiger partial charge is 0.000966 e. The molecule has 3 fully saturated rings. The molecular weight excluding hydrogens is 244 g/mol. The Morgan fingerprint density at radius 2 is 1.25 bits per heavy atom. The lowest BCUT2D eigenvalue weighted by molar-refractivity contribution is 0.0923. The fourth-order valence-corrected chi connectivity index (χ4v) is 4.84. The molecule has 0 spiro atoms. The summed E-state index contributed by atoms with van der Waals surface area (Å²) in [6.07, 6.45) is 13.4. The summed E-state index contributed by atoms with van der Waals surface area (Å²) in [7, 11) is 2.28. The van der Waals surface area contributed by atoms with E-state index in [4.69, 9.17) is 0 Å². The topological polar surface area (TPSA) is 6.48 Å². The van der Waals surface area contributed by atoms with Gasteiger partial charge in [-0.3, -0.25) is 0 Å². The average molecular weight is 278 g/mol. The van der Waals surface area contributed by atoms with Crippen molar-refractivity contribution >= 4 is 0 Å². The van der Waals surface area contributed by atoms with Gasteiger partial charge >= 0.3 is 0 Å². The Bertz CT molecular complexity index is 269. The highest BCUT2D eigenvalue weighted by Crippen LogP contribution is 2.33. The van der Waals surface area contributed by atoms with Crippen LogP contribution in [0.1, 0.15) is 57.8 Å². The summed E-state index contributed by atoms with van der Waals surface area (Å²) in [5.74, 6) is 3.12. The van der Waals surface area contributed by atoms with E-state index in [0.29, 0.717) is 0 Å². The molecule has 0 aromatic carbocycles. The maximum absolute atomic E-state index is 2.79. The van der Waals surface area contributed by atoms with Crippen LogP contribution in [0.3, 0.4) is 0 Å². The molecular formula is C18H34N2. The summed E-state index contributed by atoms with van der Waals surface area (Å²) in [5, 5.41) is 0. The van der Waals surface area contributed by atoms with Gasteiger partial charge in [0.25, 0.3) is 0 Å². The van der Waals surface area contributed by atoms with Crippen LogP contribution in [0.5, 0.6) is 0 Å². The molecule has 2 heteroatoms. The number of rotatable bonds is 3. The van der Waals surface area contributed by atoms with Gasteiger partial charge in [-0.1, -0.05) is 19.3 Å². The van der Waals surface area contributed by atoms with E-state index in [2.05, 4.69) is 16.8 Å². The molecule has 3 aliphatic rings. The lowest BCUT2D eigenvalue weighted by atomic mass is 9.78. The third-order valence-electron chi connectivity index (χ3n) is 6.30. The highest BCUT2D eigenvalue weighted by atomic mass is 15.1. The highest BCUT2D eigenvalue weighted by molar-refractivity contribution is 4.82. The van der Waals surface area contributed by atoms with Crippen molar-refractivity contribution in [1.82, 2.24) is 9.80 Å². The number of likely N-dealkylation sites (tertiary alicyclic amines) is 2. The average Bonchev–Trinajstić information content (AvgIpc) is 2.50. The molecule has 2 nitrogen and oxygen atoms in total. The number of hydrogen-bond acceptors (Lipinski definition) is 2. The first-order valence-electron chi connectivity index (χ1n) is 9.22. The van der Waals surface area contributed by atoms with E-state index in [0.717, 1.165) is 17.8 Å². The van der Waals surface area contributed by atoms with Crippen molar-refractivity contribution in [3.05, 3.63) is 0 Å². The number of nitrogens with zero attached hydrogens (tertiary/aromatic N) is 2. The molecule has 1 saturated carbocycles. The SMILES string of the molecule is CN1CCC(C2CCN(CC3CCCCC3)CC2)CC1. The third kappa shape index (κ3) is 3.98. The van der Waals surface area contributed by atoms with Crippen molar-refractivity contribution in [2.75, 3.05) is 39.8 Å². The normalized spacial score (nSPS) is 29.9. The van der Waals surface area contributed by atoms with E-state index in [1.54, 1.807) is 0 Å². The van der Waals surface area contributed by atoms with Gasteiger partial charge in [0.1, 0.15) is 0 Å². The van der Waals surface area contributed by atoms with Gasteiger partial charge < -0.3 is 9.80 Å². The first-order chi connectivity index (χ1) is 9.81. The van der Waals surface area contributed by atoms with Gasteiger partial charge in [-0.25, -0.2) is 0 Å². The van der Waals surface area contributed by atoms with E-state index < -0.39 is 0 Å². The quantitative estimate of drug-likeness (QED) is 0.778. The summed E-state index contributed by atoms with van der Waals surface area (Å²) in [5.41, 5.74) is 0. The first kappa shape index (κ1) is 14.8. The maximum atomic E-state index is 2.79. The molecule has 0 amide bonds. The molecule has 0 radical (unpaired) electrons. The Balaban J connectivity index is 1.38. The zero-order valence-electron chi connectivity index (χ0n) is 13.5. The van der Waals surface area contributed by atoms with E-state index in [1.807, 2.05) is 0 Å². The van der Waals surface area contributed by atoms with Crippen LogP contribution in [0.25, 0.3) is 0 Å². The van der Waals surface area contributed by atoms with Crippen molar-refractivity contribution in [2.45, 2.75) is 57.8 Å². The van der Waals surface area contributed by atoms with Gasteiger partial charge in [-0.2, -0.15) is 0 Å². The highest BCUT2D eigenvalue weighted by Gasteiger charge is 2.29. The second-order valence-electron chi connectivity index (χ2n) is 7.78. The van der Waals surface area contributed by atoms with Gasteiger partial charge in [0.05, 0.1) is 0 Å². The predicted octanol–water partition coefficient (Wildman–Crippen LogP) is 3.62. The minimum Gasteiger partial charge on any atom is -0.306 e. The van der Waals surface area contributed by atoms with Gasteiger partial charge in [-0.05, 0) is 89.5 Å². The Hall–Kier alpha value is -0.0800. The molecule has 2 heterocycles. The van der Waals surface area contributed by atoms with Gasteiger partial charge in [-0.15, -0.1) is 0 Å². The third-order valence-corrected chi connectivity index (χ3v) is 6.30. The standard InChI is InChI=1S/C18H34N2/c1-19-11-7-17(8-12-19)18-9-13-20(14-10-18)15-16-5-3-2-4-6-16/h16-18H,2-15H2,1H3. The largest absolute Gasteiger partial charge is 0.306 e. The van der Waals surface area contributed by atoms with Crippen molar-refractivity contribution in [3.8, 4) is 0 Å². The predicted molar refractivity (Wildman–Crippen MR) is 86.0 cm³/mol. The second kappa shape index (κ2) is 7.26. The molecule has 1 aliphatic carbocycles. The van der Waals surface area contributed by atoms with Crippen LogP contribution in [0, 0.1) is 17.8 Å². The maximum Gasteiger partial charge on any atom is 0.000966 e. The van der Waals surface area contributed by atoms with E-state index in [9.17, 15) is 0 Å². The Kier molecular flexibility index (Phi) is 5.39. The van der Waals surface area contributed by atoms with Gasteiger partial charge in [0.2, 0.25) is 0 Å². The van der Waals surface area contributed by atoms with E-state index in [1.165, 1.54) is 90.5 Å². The van der Waals surface area contributed by atoms with Crippen molar-refractivity contribution in [3.63, 3.8) is 0 Å². The number of hydrogen-bond donors (Lipinski definition) is 0. The molecule has 116 valence electrons. The van der Waals surface area contributed by atoms with Crippen LogP contribution in [0.4, 0.5) is 0 Å². The van der Waals surface area contributed by atoms with Crippen LogP contribution in [-0.2, 0) is 0 Å². The van der Waals surface area contributed by atoms with Crippen LogP contribution in [0.15, 0.2) is 0 Å². The first-order valence-corrected chi connectivity index (χ1v) is 9.22. The van der Waals surface area contributed by atoms with Crippen LogP contribution < -0.4 is 0 Å². The van der Waals surface area contributed by atoms with E-state index in [-0.39, 0.29) is 0 Å². The Morgan fingerprint density at radius 1 is 0.700 bits per heavy atom. The fourth-order valence-electron chi connectivity index (χ4n) is 4.84. The summed E-state index contributed by atoms with van der Waals surface area (Å²) < 4.78 is 0. The van der Waals surface area contributed by atoms with E-state index >= 15 is 0 Å². The Morgan fingerprint density at radius 3 is 1.85 bits per heavy atom. The van der Waals surface area contributed by atoms with Crippen molar-refractivity contribution in [2.24, 2.45) is 17.8 Å². The minimum atomic E-state index is 1.03. The monoisotopic (exact) mass is 278 g/mol. The Labute approximate surface area is 125 Å². The van der Waals surface area contributed by atoms with Gasteiger partial charge in [0.15, 0.2) is 0 Å². The fraction of sp³-hybridized carbons (Fsp3) is 1.00. The minimum absolute atomic E-state index is 1.03. The molecule has 0 atom stereocenters. The lowest BCUT2D eigenvalue weighted by Crippen LogP contribution is -2.41. The van der Waals surface area contributed by atoms with Crippen LogP contribution >= 0.6 is 0 Å². The summed E-state index contributed by atoms with van der Waals surface area (Å²) in [4.78, 5) is 5.30. The molecule has 0 unspecified atom stereocenters. The molecule has 2 saturated heterocycles. The summed E-state index contributed by atoms with van der Waals surface area (Å²) >= 11 is 0. The molecule has 20 heavy (non-hydrogen) atoms. The van der Waals surface area contributed by atoms with Crippen LogP contribution in [0.2, 0.25) is 0 Å². The molecule has 0 bridgehead atoms. The van der Waals surface area contributed by atoms with Gasteiger partial charge in [0, 0.05) is 6.54 Å². The molecule has 0 aromatic heterocycles. The molecule has 0 aromatic rings. The molecule has 3 rings (SSSR count). The zero-order valence-corrected chi connectivity index (χ0v) is 13.5. The van der Waals surface area contributed by atoms with Crippen molar-refractivity contribution < 1.29 is 0 Å². The molecule has 0 N–H and O–H groups in total. The second-order valence-corrected chi connectivity index (χ2v) is 7.78. The number of piperidine rings is 2. The molecule has 2 aliphatic heterocycles. The lowest BCUT2D eigenvalue weighted by Gasteiger charge is -2.40. The van der Waals surface area contributed by atoms with Crippen LogP contribution in [-0.4, -0.2) is 49.6 Å². The summed E-state index contributed by atoms with van der Waals surface area (Å²) in [6, 6.07) is 0.